The van der Waals surface area contributed by atoms with E-state index in [-0.39, 0.29) is 0 Å². The lowest BCUT2D eigenvalue weighted by atomic mass is 9.97. The van der Waals surface area contributed by atoms with Crippen LogP contribution in [-0.2, 0) is 0 Å². The molecule has 0 atom stereocenters. The number of anilines is 3. The van der Waals surface area contributed by atoms with Crippen molar-refractivity contribution in [2.45, 2.75) is 0 Å². The van der Waals surface area contributed by atoms with Crippen LogP contribution in [0.1, 0.15) is 0 Å². The first-order valence-corrected chi connectivity index (χ1v) is 16.3. The lowest BCUT2D eigenvalue weighted by molar-refractivity contribution is 0.669. The van der Waals surface area contributed by atoms with E-state index in [1.807, 2.05) is 0 Å². The van der Waals surface area contributed by atoms with E-state index in [2.05, 4.69) is 193 Å². The molecule has 9 rings (SSSR count). The molecular formula is C46H31NO. The van der Waals surface area contributed by atoms with Crippen LogP contribution in [0.25, 0.3) is 66.1 Å². The van der Waals surface area contributed by atoms with Gasteiger partial charge in [-0.15, -0.1) is 0 Å². The third-order valence-electron chi connectivity index (χ3n) is 9.28. The lowest BCUT2D eigenvalue weighted by Gasteiger charge is -2.26. The van der Waals surface area contributed by atoms with Gasteiger partial charge in [-0.25, -0.2) is 0 Å². The Morgan fingerprint density at radius 2 is 0.875 bits per heavy atom. The maximum atomic E-state index is 6.73. The van der Waals surface area contributed by atoms with Gasteiger partial charge in [-0.3, -0.25) is 0 Å². The number of benzene rings is 8. The van der Waals surface area contributed by atoms with Gasteiger partial charge in [0.15, 0.2) is 5.58 Å². The zero-order valence-electron chi connectivity index (χ0n) is 26.3. The first-order valence-electron chi connectivity index (χ1n) is 16.3. The molecule has 0 unspecified atom stereocenters. The van der Waals surface area contributed by atoms with Gasteiger partial charge >= 0.3 is 0 Å². The fourth-order valence-electron chi connectivity index (χ4n) is 6.90. The second kappa shape index (κ2) is 11.8. The summed E-state index contributed by atoms with van der Waals surface area (Å²) in [6, 6.07) is 66.8. The van der Waals surface area contributed by atoms with Crippen molar-refractivity contribution in [3.8, 4) is 33.4 Å². The van der Waals surface area contributed by atoms with Gasteiger partial charge in [0, 0.05) is 22.1 Å². The Kier molecular flexibility index (Phi) is 6.84. The summed E-state index contributed by atoms with van der Waals surface area (Å²) in [6.45, 7) is 0. The summed E-state index contributed by atoms with van der Waals surface area (Å²) in [5.41, 5.74) is 12.0. The van der Waals surface area contributed by atoms with Crippen molar-refractivity contribution < 1.29 is 4.42 Å². The van der Waals surface area contributed by atoms with Gasteiger partial charge in [0.1, 0.15) is 5.58 Å². The van der Waals surface area contributed by atoms with Crippen LogP contribution in [0.4, 0.5) is 17.1 Å². The number of fused-ring (bicyclic) bond motifs is 4. The monoisotopic (exact) mass is 613 g/mol. The Balaban J connectivity index is 1.20. The van der Waals surface area contributed by atoms with Crippen molar-refractivity contribution in [2.75, 3.05) is 4.90 Å². The molecule has 0 radical (unpaired) electrons. The zero-order valence-corrected chi connectivity index (χ0v) is 26.3. The molecule has 0 aliphatic rings. The average Bonchev–Trinajstić information content (AvgIpc) is 3.55. The molecule has 0 amide bonds. The average molecular weight is 614 g/mol. The number of para-hydroxylation sites is 1. The lowest BCUT2D eigenvalue weighted by Crippen LogP contribution is -2.10. The van der Waals surface area contributed by atoms with Crippen molar-refractivity contribution in [1.82, 2.24) is 0 Å². The maximum Gasteiger partial charge on any atom is 0.159 e. The fourth-order valence-corrected chi connectivity index (χ4v) is 6.90. The van der Waals surface area contributed by atoms with E-state index in [0.29, 0.717) is 0 Å². The number of hydrogen-bond acceptors (Lipinski definition) is 2. The number of nitrogens with zero attached hydrogens (tertiary/aromatic N) is 1. The van der Waals surface area contributed by atoms with E-state index in [9.17, 15) is 0 Å². The smallest absolute Gasteiger partial charge is 0.159 e. The highest BCUT2D eigenvalue weighted by atomic mass is 16.3. The molecule has 0 aliphatic carbocycles. The highest BCUT2D eigenvalue weighted by molar-refractivity contribution is 6.12. The summed E-state index contributed by atoms with van der Waals surface area (Å²) in [4.78, 5) is 2.31. The Bertz CT molecular complexity index is 2440. The second-order valence-electron chi connectivity index (χ2n) is 12.2. The molecule has 0 fully saturated rings. The molecular weight excluding hydrogens is 583 g/mol. The van der Waals surface area contributed by atoms with Crippen LogP contribution in [0, 0.1) is 0 Å². The highest BCUT2D eigenvalue weighted by Crippen LogP contribution is 2.44. The molecule has 8 aromatic carbocycles. The van der Waals surface area contributed by atoms with Crippen molar-refractivity contribution >= 4 is 49.8 Å². The molecule has 0 N–H and O–H groups in total. The molecule has 1 heterocycles. The molecule has 0 aliphatic heterocycles. The minimum Gasteiger partial charge on any atom is -0.454 e. The van der Waals surface area contributed by atoms with Crippen molar-refractivity contribution in [2.24, 2.45) is 0 Å². The largest absolute Gasteiger partial charge is 0.454 e. The standard InChI is InChI=1S/C46H31NO/c1-3-11-32(12-4-1)34-21-26-38(27-22-34)47(39-28-23-35(24-29-39)33-13-5-2-6-14-33)44-20-10-19-42-43-31-37(25-30-45(43)48-46(42)44)41-18-9-16-36-15-7-8-17-40(36)41/h1-31H. The Morgan fingerprint density at radius 1 is 0.354 bits per heavy atom. The molecule has 0 bridgehead atoms. The third-order valence-corrected chi connectivity index (χ3v) is 9.28. The van der Waals surface area contributed by atoms with Gasteiger partial charge in [0.05, 0.1) is 5.69 Å². The molecule has 48 heavy (non-hydrogen) atoms. The van der Waals surface area contributed by atoms with E-state index in [4.69, 9.17) is 4.42 Å². The van der Waals surface area contributed by atoms with Crippen molar-refractivity contribution in [3.05, 3.63) is 188 Å². The predicted octanol–water partition coefficient (Wildman–Crippen LogP) is 13.2. The highest BCUT2D eigenvalue weighted by Gasteiger charge is 2.20. The summed E-state index contributed by atoms with van der Waals surface area (Å²) in [7, 11) is 0. The van der Waals surface area contributed by atoms with E-state index in [0.717, 1.165) is 39.0 Å². The SMILES string of the molecule is c1ccc(-c2ccc(N(c3ccc(-c4ccccc4)cc3)c3cccc4c3oc3ccc(-c5cccc6ccccc56)cc34)cc2)cc1. The van der Waals surface area contributed by atoms with Crippen LogP contribution in [-0.4, -0.2) is 0 Å². The molecule has 0 spiro atoms. The van der Waals surface area contributed by atoms with Crippen LogP contribution in [0.3, 0.4) is 0 Å². The fraction of sp³-hybridized carbons (Fsp3) is 0. The number of furan rings is 1. The van der Waals surface area contributed by atoms with Gasteiger partial charge in [-0.05, 0) is 86.6 Å². The van der Waals surface area contributed by atoms with Crippen LogP contribution in [0.15, 0.2) is 192 Å². The summed E-state index contributed by atoms with van der Waals surface area (Å²) in [5, 5.41) is 4.69. The van der Waals surface area contributed by atoms with E-state index >= 15 is 0 Å². The topological polar surface area (TPSA) is 16.4 Å². The van der Waals surface area contributed by atoms with Gasteiger partial charge in [0.2, 0.25) is 0 Å². The third kappa shape index (κ3) is 4.92. The van der Waals surface area contributed by atoms with Gasteiger partial charge in [0.25, 0.3) is 0 Å². The van der Waals surface area contributed by atoms with Gasteiger partial charge in [-0.1, -0.05) is 146 Å². The zero-order chi connectivity index (χ0) is 31.9. The number of rotatable bonds is 6. The first-order chi connectivity index (χ1) is 23.8. The van der Waals surface area contributed by atoms with Crippen LogP contribution in [0.5, 0.6) is 0 Å². The normalized spacial score (nSPS) is 11.3. The van der Waals surface area contributed by atoms with Gasteiger partial charge in [-0.2, -0.15) is 0 Å². The van der Waals surface area contributed by atoms with E-state index < -0.39 is 0 Å². The Labute approximate surface area is 279 Å². The summed E-state index contributed by atoms with van der Waals surface area (Å²) in [5.74, 6) is 0. The minimum atomic E-state index is 0.863. The summed E-state index contributed by atoms with van der Waals surface area (Å²) >= 11 is 0. The van der Waals surface area contributed by atoms with Gasteiger partial charge < -0.3 is 9.32 Å². The van der Waals surface area contributed by atoms with Crippen LogP contribution in [0.2, 0.25) is 0 Å². The van der Waals surface area contributed by atoms with Crippen molar-refractivity contribution in [1.29, 1.82) is 0 Å². The summed E-state index contributed by atoms with van der Waals surface area (Å²) in [6.07, 6.45) is 0. The predicted molar refractivity (Wildman–Crippen MR) is 202 cm³/mol. The molecule has 9 aromatic rings. The second-order valence-corrected chi connectivity index (χ2v) is 12.2. The quantitative estimate of drug-likeness (QED) is 0.185. The molecule has 0 saturated carbocycles. The van der Waals surface area contributed by atoms with Crippen LogP contribution < -0.4 is 4.90 Å². The van der Waals surface area contributed by atoms with Crippen LogP contribution >= 0.6 is 0 Å². The minimum absolute atomic E-state index is 0.863. The first kappa shape index (κ1) is 27.9. The molecule has 1 aromatic heterocycles. The molecule has 226 valence electrons. The van der Waals surface area contributed by atoms with E-state index in [1.165, 1.54) is 44.2 Å². The van der Waals surface area contributed by atoms with E-state index in [1.54, 1.807) is 0 Å². The number of hydrogen-bond donors (Lipinski definition) is 0. The molecule has 0 saturated heterocycles. The maximum absolute atomic E-state index is 6.73. The molecule has 2 nitrogen and oxygen atoms in total. The summed E-state index contributed by atoms with van der Waals surface area (Å²) < 4.78 is 6.73. The Morgan fingerprint density at radius 3 is 1.54 bits per heavy atom. The van der Waals surface area contributed by atoms with Crippen molar-refractivity contribution in [3.63, 3.8) is 0 Å². The Hall–Kier alpha value is -6.38. The molecule has 2 heteroatoms.